The molecule has 80 valence electrons. The van der Waals surface area contributed by atoms with Crippen molar-refractivity contribution >= 4 is 11.4 Å². The van der Waals surface area contributed by atoms with Crippen molar-refractivity contribution in [3.63, 3.8) is 0 Å². The number of aromatic hydroxyl groups is 1. The van der Waals surface area contributed by atoms with Gasteiger partial charge in [-0.25, -0.2) is 0 Å². The fourth-order valence-electron chi connectivity index (χ4n) is 2.43. The van der Waals surface area contributed by atoms with Crippen LogP contribution in [0.25, 0.3) is 0 Å². The Morgan fingerprint density at radius 3 is 3.20 bits per heavy atom. The van der Waals surface area contributed by atoms with Crippen LogP contribution in [0.4, 0.5) is 11.4 Å². The van der Waals surface area contributed by atoms with E-state index >= 15 is 0 Å². The maximum atomic E-state index is 9.74. The Balaban J connectivity index is 2.03. The Morgan fingerprint density at radius 2 is 2.27 bits per heavy atom. The number of nitrogens with one attached hydrogen (secondary N) is 2. The predicted octanol–water partition coefficient (Wildman–Crippen LogP) is 0.596. The minimum Gasteiger partial charge on any atom is -0.506 e. The van der Waals surface area contributed by atoms with Gasteiger partial charge >= 0.3 is 0 Å². The molecule has 0 amide bonds. The highest BCUT2D eigenvalue weighted by atomic mass is 16.3. The smallest absolute Gasteiger partial charge is 0.140 e. The van der Waals surface area contributed by atoms with Gasteiger partial charge in [-0.15, -0.1) is 0 Å². The molecular formula is C11H15N3O. The van der Waals surface area contributed by atoms with Crippen LogP contribution in [0.1, 0.15) is 0 Å². The minimum atomic E-state index is 0.351. The summed E-state index contributed by atoms with van der Waals surface area (Å²) in [6.45, 7) is 3.95. The number of phenolic OH excluding ortho intramolecular Hbond substituents is 1. The molecule has 3 N–H and O–H groups in total. The molecular weight excluding hydrogens is 190 g/mol. The largest absolute Gasteiger partial charge is 0.506 e. The number of hydrogen-bond acceptors (Lipinski definition) is 4. The third kappa shape index (κ3) is 1.33. The Bertz CT molecular complexity index is 380. The van der Waals surface area contributed by atoms with Crippen LogP contribution in [0.5, 0.6) is 5.75 Å². The molecule has 4 nitrogen and oxygen atoms in total. The fourth-order valence-corrected chi connectivity index (χ4v) is 2.43. The van der Waals surface area contributed by atoms with Gasteiger partial charge in [-0.1, -0.05) is 6.07 Å². The second-order valence-electron chi connectivity index (χ2n) is 4.10. The summed E-state index contributed by atoms with van der Waals surface area (Å²) in [5, 5.41) is 16.4. The van der Waals surface area contributed by atoms with Crippen LogP contribution >= 0.6 is 0 Å². The molecule has 3 rings (SSSR count). The molecule has 1 saturated heterocycles. The van der Waals surface area contributed by atoms with Crippen molar-refractivity contribution in [1.29, 1.82) is 0 Å². The zero-order valence-electron chi connectivity index (χ0n) is 8.53. The number of benzene rings is 1. The van der Waals surface area contributed by atoms with E-state index in [0.29, 0.717) is 11.8 Å². The average molecular weight is 205 g/mol. The van der Waals surface area contributed by atoms with Gasteiger partial charge in [0.25, 0.3) is 0 Å². The number of para-hydroxylation sites is 1. The maximum absolute atomic E-state index is 9.74. The zero-order valence-corrected chi connectivity index (χ0v) is 8.53. The highest BCUT2D eigenvalue weighted by molar-refractivity contribution is 5.78. The molecule has 0 spiro atoms. The third-order valence-corrected chi connectivity index (χ3v) is 3.19. The van der Waals surface area contributed by atoms with Gasteiger partial charge in [0.2, 0.25) is 0 Å². The molecule has 1 unspecified atom stereocenters. The summed E-state index contributed by atoms with van der Waals surface area (Å²) in [7, 11) is 0. The first kappa shape index (κ1) is 8.85. The lowest BCUT2D eigenvalue weighted by Crippen LogP contribution is -2.56. The van der Waals surface area contributed by atoms with Gasteiger partial charge in [0.05, 0.1) is 11.7 Å². The first-order valence-electron chi connectivity index (χ1n) is 5.39. The van der Waals surface area contributed by atoms with Crippen molar-refractivity contribution in [1.82, 2.24) is 5.32 Å². The molecule has 2 aliphatic heterocycles. The van der Waals surface area contributed by atoms with Gasteiger partial charge in [0, 0.05) is 26.2 Å². The van der Waals surface area contributed by atoms with Gasteiger partial charge in [-0.2, -0.15) is 0 Å². The molecule has 4 heteroatoms. The van der Waals surface area contributed by atoms with Crippen LogP contribution in [-0.4, -0.2) is 37.3 Å². The average Bonchev–Trinajstić information content (AvgIpc) is 2.29. The van der Waals surface area contributed by atoms with Crippen LogP contribution in [-0.2, 0) is 0 Å². The van der Waals surface area contributed by atoms with E-state index in [0.717, 1.165) is 37.6 Å². The SMILES string of the molecule is Oc1cccc2c1NCC1CNCCN21. The second-order valence-corrected chi connectivity index (χ2v) is 4.10. The number of anilines is 2. The monoisotopic (exact) mass is 205 g/mol. The summed E-state index contributed by atoms with van der Waals surface area (Å²) >= 11 is 0. The van der Waals surface area contributed by atoms with E-state index in [1.165, 1.54) is 0 Å². The van der Waals surface area contributed by atoms with Gasteiger partial charge in [-0.3, -0.25) is 0 Å². The van der Waals surface area contributed by atoms with E-state index in [2.05, 4.69) is 21.6 Å². The molecule has 1 aromatic carbocycles. The van der Waals surface area contributed by atoms with Crippen LogP contribution in [0.2, 0.25) is 0 Å². The molecule has 0 radical (unpaired) electrons. The fraction of sp³-hybridized carbons (Fsp3) is 0.455. The molecule has 15 heavy (non-hydrogen) atoms. The van der Waals surface area contributed by atoms with E-state index < -0.39 is 0 Å². The van der Waals surface area contributed by atoms with Crippen molar-refractivity contribution < 1.29 is 5.11 Å². The Morgan fingerprint density at radius 1 is 1.33 bits per heavy atom. The molecule has 0 aromatic heterocycles. The molecule has 2 heterocycles. The molecule has 1 fully saturated rings. The Hall–Kier alpha value is -1.42. The second kappa shape index (κ2) is 3.31. The van der Waals surface area contributed by atoms with Crippen molar-refractivity contribution in [3.05, 3.63) is 18.2 Å². The van der Waals surface area contributed by atoms with Gasteiger partial charge in [0.15, 0.2) is 0 Å². The highest BCUT2D eigenvalue weighted by Crippen LogP contribution is 2.38. The van der Waals surface area contributed by atoms with Crippen molar-refractivity contribution in [3.8, 4) is 5.75 Å². The maximum Gasteiger partial charge on any atom is 0.140 e. The summed E-state index contributed by atoms with van der Waals surface area (Å²) in [6.07, 6.45) is 0. The first-order valence-corrected chi connectivity index (χ1v) is 5.39. The van der Waals surface area contributed by atoms with E-state index in [-0.39, 0.29) is 0 Å². The van der Waals surface area contributed by atoms with Gasteiger partial charge in [-0.05, 0) is 12.1 Å². The van der Waals surface area contributed by atoms with E-state index in [4.69, 9.17) is 0 Å². The first-order chi connectivity index (χ1) is 7.36. The standard InChI is InChI=1S/C11H15N3O/c15-10-3-1-2-9-11(10)13-7-8-6-12-4-5-14(8)9/h1-3,8,12-13,15H,4-7H2. The lowest BCUT2D eigenvalue weighted by atomic mass is 10.1. The minimum absolute atomic E-state index is 0.351. The molecule has 1 atom stereocenters. The van der Waals surface area contributed by atoms with E-state index in [9.17, 15) is 5.11 Å². The van der Waals surface area contributed by atoms with Gasteiger partial charge < -0.3 is 20.6 Å². The van der Waals surface area contributed by atoms with Crippen molar-refractivity contribution in [2.45, 2.75) is 6.04 Å². The zero-order chi connectivity index (χ0) is 10.3. The quantitative estimate of drug-likeness (QED) is 0.543. The lowest BCUT2D eigenvalue weighted by Gasteiger charge is -2.42. The van der Waals surface area contributed by atoms with Crippen LogP contribution in [0.3, 0.4) is 0 Å². The number of fused-ring (bicyclic) bond motifs is 3. The number of rotatable bonds is 0. The van der Waals surface area contributed by atoms with Crippen LogP contribution < -0.4 is 15.5 Å². The number of hydrogen-bond donors (Lipinski definition) is 3. The number of phenols is 1. The van der Waals surface area contributed by atoms with Crippen LogP contribution in [0.15, 0.2) is 18.2 Å². The summed E-state index contributed by atoms with van der Waals surface area (Å²) in [5.74, 6) is 0.351. The summed E-state index contributed by atoms with van der Waals surface area (Å²) in [6, 6.07) is 6.21. The Kier molecular flexibility index (Phi) is 1.95. The molecule has 0 bridgehead atoms. The van der Waals surface area contributed by atoms with Crippen molar-refractivity contribution in [2.75, 3.05) is 36.4 Å². The molecule has 2 aliphatic rings. The van der Waals surface area contributed by atoms with Gasteiger partial charge in [0.1, 0.15) is 11.4 Å². The molecule has 0 saturated carbocycles. The van der Waals surface area contributed by atoms with Crippen LogP contribution in [0, 0.1) is 0 Å². The van der Waals surface area contributed by atoms with E-state index in [1.807, 2.05) is 6.07 Å². The molecule has 0 aliphatic carbocycles. The third-order valence-electron chi connectivity index (χ3n) is 3.19. The summed E-state index contributed by atoms with van der Waals surface area (Å²) in [5.41, 5.74) is 2.02. The highest BCUT2D eigenvalue weighted by Gasteiger charge is 2.29. The summed E-state index contributed by atoms with van der Waals surface area (Å²) in [4.78, 5) is 2.38. The van der Waals surface area contributed by atoms with Crippen molar-refractivity contribution in [2.24, 2.45) is 0 Å². The normalized spacial score (nSPS) is 24.0. The summed E-state index contributed by atoms with van der Waals surface area (Å²) < 4.78 is 0. The Labute approximate surface area is 88.9 Å². The predicted molar refractivity (Wildman–Crippen MR) is 60.6 cm³/mol. The number of piperazine rings is 1. The topological polar surface area (TPSA) is 47.5 Å². The van der Waals surface area contributed by atoms with E-state index in [1.54, 1.807) is 6.07 Å². The molecule has 1 aromatic rings. The number of nitrogens with zero attached hydrogens (tertiary/aromatic N) is 1. The lowest BCUT2D eigenvalue weighted by molar-refractivity contribution is 0.462.